The fourth-order valence-corrected chi connectivity index (χ4v) is 2.50. The van der Waals surface area contributed by atoms with E-state index in [-0.39, 0.29) is 12.3 Å². The molecule has 25 heavy (non-hydrogen) atoms. The summed E-state index contributed by atoms with van der Waals surface area (Å²) in [6.07, 6.45) is 3.83. The van der Waals surface area contributed by atoms with Gasteiger partial charge in [-0.2, -0.15) is 5.10 Å². The third-order valence-electron chi connectivity index (χ3n) is 3.70. The minimum atomic E-state index is -0.178. The van der Waals surface area contributed by atoms with Crippen molar-refractivity contribution in [2.45, 2.75) is 6.42 Å². The molecule has 2 aromatic carbocycles. The first-order chi connectivity index (χ1) is 12.3. The van der Waals surface area contributed by atoms with Crippen molar-refractivity contribution in [2.24, 2.45) is 5.10 Å². The van der Waals surface area contributed by atoms with Gasteiger partial charge in [-0.3, -0.25) is 4.79 Å². The van der Waals surface area contributed by atoms with Crippen LogP contribution in [-0.2, 0) is 11.2 Å². The molecule has 3 rings (SSSR count). The molecule has 0 aliphatic carbocycles. The van der Waals surface area contributed by atoms with E-state index in [1.165, 1.54) is 0 Å². The number of rotatable bonds is 6. The predicted molar refractivity (Wildman–Crippen MR) is 98.2 cm³/mol. The highest BCUT2D eigenvalue weighted by molar-refractivity contribution is 5.82. The fraction of sp³-hybridized carbons (Fsp3) is 0.100. The number of benzene rings is 2. The van der Waals surface area contributed by atoms with Gasteiger partial charge in [0.15, 0.2) is 0 Å². The third-order valence-corrected chi connectivity index (χ3v) is 3.70. The zero-order valence-electron chi connectivity index (χ0n) is 13.9. The van der Waals surface area contributed by atoms with Crippen LogP contribution in [0.3, 0.4) is 0 Å². The maximum Gasteiger partial charge on any atom is 0.244 e. The summed E-state index contributed by atoms with van der Waals surface area (Å²) in [5.41, 5.74) is 5.36. The summed E-state index contributed by atoms with van der Waals surface area (Å²) < 4.78 is 7.16. The molecule has 5 heteroatoms. The van der Waals surface area contributed by atoms with Crippen molar-refractivity contribution in [2.75, 3.05) is 7.11 Å². The van der Waals surface area contributed by atoms with Crippen molar-refractivity contribution < 1.29 is 9.53 Å². The number of ether oxygens (including phenoxy) is 1. The average molecular weight is 333 g/mol. The predicted octanol–water partition coefficient (Wildman–Crippen LogP) is 3.18. The summed E-state index contributed by atoms with van der Waals surface area (Å²) >= 11 is 0. The van der Waals surface area contributed by atoms with E-state index in [2.05, 4.69) is 10.5 Å². The van der Waals surface area contributed by atoms with E-state index in [0.717, 1.165) is 22.7 Å². The van der Waals surface area contributed by atoms with Gasteiger partial charge in [0.2, 0.25) is 5.91 Å². The van der Waals surface area contributed by atoms with E-state index in [0.29, 0.717) is 0 Å². The first kappa shape index (κ1) is 16.5. The second-order valence-corrected chi connectivity index (χ2v) is 5.46. The molecule has 1 N–H and O–H groups in total. The highest BCUT2D eigenvalue weighted by Crippen LogP contribution is 2.13. The number of hydrazone groups is 1. The van der Waals surface area contributed by atoms with E-state index in [1.807, 2.05) is 77.5 Å². The molecule has 0 saturated heterocycles. The molecule has 1 amide bonds. The molecule has 1 heterocycles. The molecule has 0 aliphatic rings. The Balaban J connectivity index is 1.62. The van der Waals surface area contributed by atoms with E-state index in [1.54, 1.807) is 13.3 Å². The van der Waals surface area contributed by atoms with Crippen LogP contribution in [-0.4, -0.2) is 23.8 Å². The van der Waals surface area contributed by atoms with Crippen molar-refractivity contribution in [3.05, 3.63) is 84.2 Å². The summed E-state index contributed by atoms with van der Waals surface area (Å²) in [5.74, 6) is 0.553. The molecule has 0 radical (unpaired) electrons. The van der Waals surface area contributed by atoms with Gasteiger partial charge < -0.3 is 9.30 Å². The van der Waals surface area contributed by atoms with E-state index in [4.69, 9.17) is 4.74 Å². The monoisotopic (exact) mass is 333 g/mol. The van der Waals surface area contributed by atoms with Gasteiger partial charge >= 0.3 is 0 Å². The van der Waals surface area contributed by atoms with Crippen LogP contribution in [0.2, 0.25) is 0 Å². The number of amides is 1. The van der Waals surface area contributed by atoms with Gasteiger partial charge in [0.1, 0.15) is 5.75 Å². The number of carbonyl (C=O) groups excluding carboxylic acids is 1. The van der Waals surface area contributed by atoms with Gasteiger partial charge in [-0.05, 0) is 42.0 Å². The van der Waals surface area contributed by atoms with Gasteiger partial charge in [0, 0.05) is 11.9 Å². The number of para-hydroxylation sites is 1. The first-order valence-electron chi connectivity index (χ1n) is 7.94. The van der Waals surface area contributed by atoms with Crippen molar-refractivity contribution in [3.8, 4) is 11.4 Å². The van der Waals surface area contributed by atoms with Crippen molar-refractivity contribution in [3.63, 3.8) is 0 Å². The highest BCUT2D eigenvalue weighted by atomic mass is 16.5. The Kier molecular flexibility index (Phi) is 5.26. The zero-order valence-corrected chi connectivity index (χ0v) is 13.9. The summed E-state index contributed by atoms with van der Waals surface area (Å²) in [6.45, 7) is 0. The lowest BCUT2D eigenvalue weighted by Gasteiger charge is -2.06. The second kappa shape index (κ2) is 7.97. The number of hydrogen-bond donors (Lipinski definition) is 1. The van der Waals surface area contributed by atoms with Crippen molar-refractivity contribution in [1.29, 1.82) is 0 Å². The molecule has 3 aromatic rings. The summed E-state index contributed by atoms with van der Waals surface area (Å²) in [6, 6.07) is 21.2. The van der Waals surface area contributed by atoms with Gasteiger partial charge in [-0.1, -0.05) is 30.3 Å². The summed E-state index contributed by atoms with van der Waals surface area (Å²) in [5, 5.41) is 4.06. The summed E-state index contributed by atoms with van der Waals surface area (Å²) in [7, 11) is 1.60. The Morgan fingerprint density at radius 1 is 1.12 bits per heavy atom. The van der Waals surface area contributed by atoms with Crippen LogP contribution in [0, 0.1) is 0 Å². The highest BCUT2D eigenvalue weighted by Gasteiger charge is 2.04. The molecule has 0 bridgehead atoms. The molecule has 0 atom stereocenters. The lowest BCUT2D eigenvalue weighted by atomic mass is 10.1. The van der Waals surface area contributed by atoms with Gasteiger partial charge in [-0.15, -0.1) is 0 Å². The molecular weight excluding hydrogens is 314 g/mol. The Bertz CT molecular complexity index is 869. The molecule has 1 aromatic heterocycles. The lowest BCUT2D eigenvalue weighted by molar-refractivity contribution is -0.120. The molecule has 126 valence electrons. The van der Waals surface area contributed by atoms with Crippen LogP contribution < -0.4 is 10.2 Å². The quantitative estimate of drug-likeness (QED) is 0.556. The third kappa shape index (κ3) is 4.35. The van der Waals surface area contributed by atoms with Crippen LogP contribution in [0.4, 0.5) is 0 Å². The minimum Gasteiger partial charge on any atom is -0.497 e. The average Bonchev–Trinajstić information content (AvgIpc) is 3.11. The van der Waals surface area contributed by atoms with E-state index in [9.17, 15) is 4.79 Å². The van der Waals surface area contributed by atoms with Crippen LogP contribution in [0.5, 0.6) is 5.75 Å². The summed E-state index contributed by atoms with van der Waals surface area (Å²) in [4.78, 5) is 12.0. The number of aromatic nitrogens is 1. The van der Waals surface area contributed by atoms with Crippen molar-refractivity contribution >= 4 is 12.1 Å². The number of methoxy groups -OCH3 is 1. The molecule has 0 aliphatic heterocycles. The molecule has 5 nitrogen and oxygen atoms in total. The largest absolute Gasteiger partial charge is 0.497 e. The van der Waals surface area contributed by atoms with Crippen LogP contribution in [0.25, 0.3) is 5.69 Å². The maximum absolute atomic E-state index is 12.0. The molecule has 0 fully saturated rings. The van der Waals surface area contributed by atoms with E-state index < -0.39 is 0 Å². The minimum absolute atomic E-state index is 0.178. The number of carbonyl (C=O) groups is 1. The molecule has 0 saturated carbocycles. The fourth-order valence-electron chi connectivity index (χ4n) is 2.50. The Hall–Kier alpha value is -3.34. The second-order valence-electron chi connectivity index (χ2n) is 5.46. The van der Waals surface area contributed by atoms with Crippen LogP contribution >= 0.6 is 0 Å². The number of nitrogens with one attached hydrogen (secondary N) is 1. The smallest absolute Gasteiger partial charge is 0.244 e. The topological polar surface area (TPSA) is 55.6 Å². The van der Waals surface area contributed by atoms with Gasteiger partial charge in [0.25, 0.3) is 0 Å². The molecule has 0 unspecified atom stereocenters. The van der Waals surface area contributed by atoms with Gasteiger partial charge in [0.05, 0.1) is 25.4 Å². The normalized spacial score (nSPS) is 10.8. The van der Waals surface area contributed by atoms with Crippen molar-refractivity contribution in [1.82, 2.24) is 9.99 Å². The van der Waals surface area contributed by atoms with E-state index >= 15 is 0 Å². The Labute approximate surface area is 146 Å². The molecular formula is C20H19N3O2. The van der Waals surface area contributed by atoms with Crippen LogP contribution in [0.15, 0.2) is 78.0 Å². The standard InChI is InChI=1S/C20H19N3O2/c1-25-19-11-5-7-16(13-19)14-20(24)22-21-15-18-10-6-12-23(18)17-8-3-2-4-9-17/h2-13,15H,14H2,1H3,(H,22,24)/b21-15-. The number of hydrogen-bond acceptors (Lipinski definition) is 3. The SMILES string of the molecule is COc1cccc(CC(=O)N/N=C\c2cccn2-c2ccccc2)c1. The van der Waals surface area contributed by atoms with Crippen LogP contribution in [0.1, 0.15) is 11.3 Å². The zero-order chi connectivity index (χ0) is 17.5. The first-order valence-corrected chi connectivity index (χ1v) is 7.94. The number of nitrogens with zero attached hydrogens (tertiary/aromatic N) is 2. The maximum atomic E-state index is 12.0. The molecule has 0 spiro atoms. The Morgan fingerprint density at radius 3 is 2.76 bits per heavy atom. The Morgan fingerprint density at radius 2 is 1.96 bits per heavy atom. The van der Waals surface area contributed by atoms with Gasteiger partial charge in [-0.25, -0.2) is 5.43 Å². The lowest BCUT2D eigenvalue weighted by Crippen LogP contribution is -2.20.